The third kappa shape index (κ3) is 2.46. The van der Waals surface area contributed by atoms with Gasteiger partial charge in [-0.1, -0.05) is 48.5 Å². The highest BCUT2D eigenvalue weighted by Gasteiger charge is 2.58. The maximum atomic E-state index is 13.9. The largest absolute Gasteiger partial charge is 0.498 e. The molecule has 2 aliphatic rings. The van der Waals surface area contributed by atoms with Crippen LogP contribution in [0.25, 0.3) is 0 Å². The fourth-order valence-electron chi connectivity index (χ4n) is 4.62. The second kappa shape index (κ2) is 6.82. The molecule has 1 heterocycles. The maximum absolute atomic E-state index is 13.9. The average Bonchev–Trinajstić information content (AvgIpc) is 2.76. The lowest BCUT2D eigenvalue weighted by molar-refractivity contribution is -0.125. The van der Waals surface area contributed by atoms with Gasteiger partial charge in [0.2, 0.25) is 5.91 Å². The third-order valence-corrected chi connectivity index (χ3v) is 6.04. The van der Waals surface area contributed by atoms with Crippen molar-refractivity contribution in [2.75, 3.05) is 26.2 Å². The lowest BCUT2D eigenvalue weighted by atomic mass is 9.57. The fraction of sp³-hybridized carbons (Fsp3) is 0.304. The van der Waals surface area contributed by atoms with E-state index < -0.39 is 11.3 Å². The number of ether oxygens (including phenoxy) is 2. The van der Waals surface area contributed by atoms with Crippen LogP contribution in [0.15, 0.2) is 66.1 Å². The quantitative estimate of drug-likeness (QED) is 0.763. The van der Waals surface area contributed by atoms with Crippen LogP contribution in [-0.2, 0) is 19.7 Å². The summed E-state index contributed by atoms with van der Waals surface area (Å²) < 4.78 is 11.1. The Morgan fingerprint density at radius 2 is 1.64 bits per heavy atom. The van der Waals surface area contributed by atoms with Gasteiger partial charge in [-0.05, 0) is 11.6 Å². The van der Waals surface area contributed by atoms with Crippen molar-refractivity contribution in [1.82, 2.24) is 0 Å². The Bertz CT molecular complexity index is 966. The molecule has 0 aromatic heterocycles. The number of anilines is 1. The number of Topliss-reactive ketones (excluding diaryl/α,β-unsaturated/α-hetero) is 1. The van der Waals surface area contributed by atoms with E-state index in [4.69, 9.17) is 9.47 Å². The number of para-hydroxylation sites is 1. The van der Waals surface area contributed by atoms with E-state index in [2.05, 4.69) is 0 Å². The lowest BCUT2D eigenvalue weighted by Crippen LogP contribution is -2.56. The minimum absolute atomic E-state index is 0.0586. The molecule has 1 aliphatic heterocycles. The Kier molecular flexibility index (Phi) is 4.46. The number of benzene rings is 2. The molecule has 5 nitrogen and oxygen atoms in total. The topological polar surface area (TPSA) is 55.8 Å². The number of hydrogen-bond acceptors (Lipinski definition) is 4. The van der Waals surface area contributed by atoms with Gasteiger partial charge in [0.05, 0.1) is 25.6 Å². The Labute approximate surface area is 164 Å². The van der Waals surface area contributed by atoms with Gasteiger partial charge in [-0.2, -0.15) is 0 Å². The second-order valence-corrected chi connectivity index (χ2v) is 7.27. The van der Waals surface area contributed by atoms with Gasteiger partial charge in [-0.25, -0.2) is 0 Å². The van der Waals surface area contributed by atoms with Crippen LogP contribution in [0.3, 0.4) is 0 Å². The normalized spacial score (nSPS) is 23.8. The van der Waals surface area contributed by atoms with Crippen LogP contribution in [0.2, 0.25) is 0 Å². The summed E-state index contributed by atoms with van der Waals surface area (Å²) in [6, 6.07) is 16.8. The molecule has 0 bridgehead atoms. The molecule has 28 heavy (non-hydrogen) atoms. The number of fused-ring (bicyclic) bond motifs is 3. The van der Waals surface area contributed by atoms with Crippen molar-refractivity contribution in [2.45, 2.75) is 18.3 Å². The Hall–Kier alpha value is -3.08. The van der Waals surface area contributed by atoms with Crippen LogP contribution in [0.1, 0.15) is 28.8 Å². The number of methoxy groups -OCH3 is 2. The van der Waals surface area contributed by atoms with Gasteiger partial charge >= 0.3 is 0 Å². The molecule has 4 rings (SSSR count). The number of ketones is 1. The minimum atomic E-state index is -1.02. The zero-order valence-electron chi connectivity index (χ0n) is 16.3. The first-order chi connectivity index (χ1) is 13.5. The Morgan fingerprint density at radius 3 is 2.32 bits per heavy atom. The summed E-state index contributed by atoms with van der Waals surface area (Å²) in [6.07, 6.45) is 0.622. The predicted octanol–water partition coefficient (Wildman–Crippen LogP) is 3.70. The van der Waals surface area contributed by atoms with E-state index in [0.717, 1.165) is 11.3 Å². The molecule has 0 unspecified atom stereocenters. The molecule has 0 N–H and O–H groups in total. The molecule has 2 aromatic carbocycles. The molecule has 144 valence electrons. The summed E-state index contributed by atoms with van der Waals surface area (Å²) >= 11 is 0. The van der Waals surface area contributed by atoms with Gasteiger partial charge in [-0.3, -0.25) is 9.59 Å². The second-order valence-electron chi connectivity index (χ2n) is 7.27. The summed E-state index contributed by atoms with van der Waals surface area (Å²) in [4.78, 5) is 29.0. The van der Waals surface area contributed by atoms with Crippen LogP contribution in [0.4, 0.5) is 5.69 Å². The summed E-state index contributed by atoms with van der Waals surface area (Å²) in [5, 5.41) is 0. The summed E-state index contributed by atoms with van der Waals surface area (Å²) in [7, 11) is 4.92. The van der Waals surface area contributed by atoms with E-state index in [1.54, 1.807) is 26.2 Å². The number of amides is 1. The van der Waals surface area contributed by atoms with Crippen molar-refractivity contribution in [3.8, 4) is 0 Å². The van der Waals surface area contributed by atoms with Gasteiger partial charge in [-0.15, -0.1) is 0 Å². The molecule has 0 spiro atoms. The number of nitrogens with zero attached hydrogens (tertiary/aromatic N) is 1. The molecule has 2 atom stereocenters. The van der Waals surface area contributed by atoms with E-state index in [9.17, 15) is 9.59 Å². The zero-order valence-corrected chi connectivity index (χ0v) is 16.3. The molecule has 0 fully saturated rings. The van der Waals surface area contributed by atoms with E-state index in [-0.39, 0.29) is 11.7 Å². The summed E-state index contributed by atoms with van der Waals surface area (Å²) in [5.41, 5.74) is 1.20. The standard InChI is InChI=1S/C23H23NO4/c1-24-18-12-8-7-11-16(18)23(21(25)15-9-5-4-6-10-15)14-20(28-3)19(27-2)13-17(23)22(24)26/h4-12,17H,13-14H2,1-3H3/t17-,23-/m1/s1. The molecular formula is C23H23NO4. The summed E-state index contributed by atoms with van der Waals surface area (Å²) in [6.45, 7) is 0. The third-order valence-electron chi connectivity index (χ3n) is 6.04. The number of hydrogen-bond donors (Lipinski definition) is 0. The first-order valence-electron chi connectivity index (χ1n) is 9.31. The zero-order chi connectivity index (χ0) is 19.9. The molecule has 5 heteroatoms. The van der Waals surface area contributed by atoms with Crippen LogP contribution < -0.4 is 4.90 Å². The van der Waals surface area contributed by atoms with Gasteiger partial charge in [0.25, 0.3) is 0 Å². The van der Waals surface area contributed by atoms with Crippen molar-refractivity contribution in [2.24, 2.45) is 5.92 Å². The average molecular weight is 377 g/mol. The van der Waals surface area contributed by atoms with Crippen molar-refractivity contribution >= 4 is 17.4 Å². The fourth-order valence-corrected chi connectivity index (χ4v) is 4.62. The molecular weight excluding hydrogens is 354 g/mol. The SMILES string of the molecule is COC1=C(OC)C[C@@]2(C(=O)c3ccccc3)c3ccccc3N(C)C(=O)[C@H]2C1. The predicted molar refractivity (Wildman–Crippen MR) is 106 cm³/mol. The molecule has 0 saturated carbocycles. The molecule has 1 amide bonds. The van der Waals surface area contributed by atoms with E-state index in [1.807, 2.05) is 54.6 Å². The number of allylic oxidation sites excluding steroid dienone is 2. The highest BCUT2D eigenvalue weighted by atomic mass is 16.5. The van der Waals surface area contributed by atoms with E-state index >= 15 is 0 Å². The maximum Gasteiger partial charge on any atom is 0.231 e. The van der Waals surface area contributed by atoms with E-state index in [0.29, 0.717) is 29.9 Å². The van der Waals surface area contributed by atoms with Crippen molar-refractivity contribution in [3.63, 3.8) is 0 Å². The van der Waals surface area contributed by atoms with Crippen molar-refractivity contribution in [1.29, 1.82) is 0 Å². The first kappa shape index (κ1) is 18.3. The lowest BCUT2D eigenvalue weighted by Gasteiger charge is -2.48. The number of carbonyl (C=O) groups is 2. The van der Waals surface area contributed by atoms with Gasteiger partial charge in [0.15, 0.2) is 5.78 Å². The van der Waals surface area contributed by atoms with Crippen molar-refractivity contribution < 1.29 is 19.1 Å². The van der Waals surface area contributed by atoms with Crippen LogP contribution in [0, 0.1) is 5.92 Å². The molecule has 1 aliphatic carbocycles. The first-order valence-corrected chi connectivity index (χ1v) is 9.31. The van der Waals surface area contributed by atoms with Crippen molar-refractivity contribution in [3.05, 3.63) is 77.2 Å². The highest BCUT2D eigenvalue weighted by Crippen LogP contribution is 2.54. The van der Waals surface area contributed by atoms with Crippen LogP contribution in [0.5, 0.6) is 0 Å². The molecule has 0 radical (unpaired) electrons. The van der Waals surface area contributed by atoms with Gasteiger partial charge in [0.1, 0.15) is 11.5 Å². The number of carbonyl (C=O) groups excluding carboxylic acids is 2. The molecule has 0 saturated heterocycles. The van der Waals surface area contributed by atoms with Crippen LogP contribution in [-0.4, -0.2) is 33.0 Å². The summed E-state index contributed by atoms with van der Waals surface area (Å²) in [5.74, 6) is 0.568. The molecule has 2 aromatic rings. The Morgan fingerprint density at radius 1 is 1.00 bits per heavy atom. The van der Waals surface area contributed by atoms with Gasteiger partial charge < -0.3 is 14.4 Å². The smallest absolute Gasteiger partial charge is 0.231 e. The Balaban J connectivity index is 2.01. The number of rotatable bonds is 4. The monoisotopic (exact) mass is 377 g/mol. The minimum Gasteiger partial charge on any atom is -0.498 e. The van der Waals surface area contributed by atoms with Gasteiger partial charge in [0, 0.05) is 31.1 Å². The van der Waals surface area contributed by atoms with Crippen LogP contribution >= 0.6 is 0 Å². The highest BCUT2D eigenvalue weighted by molar-refractivity contribution is 6.13. The van der Waals surface area contributed by atoms with E-state index in [1.165, 1.54) is 0 Å².